The normalized spacial score (nSPS) is 10.6. The number of carbonyl (C=O) groups is 2. The second kappa shape index (κ2) is 5.90. The SMILES string of the molecule is CC(=O)c1ccccc1C(=O)C[n+]1ccc2ccccc2c1. The van der Waals surface area contributed by atoms with Crippen LogP contribution in [-0.4, -0.2) is 11.6 Å². The number of nitrogens with zero attached hydrogens (tertiary/aromatic N) is 1. The quantitative estimate of drug-likeness (QED) is 0.546. The number of carbonyl (C=O) groups excluding carboxylic acids is 2. The van der Waals surface area contributed by atoms with E-state index in [0.717, 1.165) is 10.8 Å². The number of rotatable bonds is 4. The van der Waals surface area contributed by atoms with Crippen molar-refractivity contribution in [3.05, 3.63) is 78.1 Å². The van der Waals surface area contributed by atoms with Crippen molar-refractivity contribution >= 4 is 22.3 Å². The van der Waals surface area contributed by atoms with Gasteiger partial charge < -0.3 is 0 Å². The van der Waals surface area contributed by atoms with Gasteiger partial charge in [-0.1, -0.05) is 42.5 Å². The molecule has 0 saturated carbocycles. The highest BCUT2D eigenvalue weighted by atomic mass is 16.1. The summed E-state index contributed by atoms with van der Waals surface area (Å²) in [6, 6.07) is 17.0. The molecule has 0 fully saturated rings. The summed E-state index contributed by atoms with van der Waals surface area (Å²) in [5.74, 6) is -0.154. The van der Waals surface area contributed by atoms with Crippen LogP contribution in [0, 0.1) is 0 Å². The van der Waals surface area contributed by atoms with Crippen molar-refractivity contribution in [2.24, 2.45) is 0 Å². The van der Waals surface area contributed by atoms with Gasteiger partial charge in [-0.3, -0.25) is 9.59 Å². The summed E-state index contributed by atoms with van der Waals surface area (Å²) in [5, 5.41) is 2.22. The molecule has 1 aromatic heterocycles. The Hall–Kier alpha value is -2.81. The molecule has 3 nitrogen and oxygen atoms in total. The van der Waals surface area contributed by atoms with Crippen LogP contribution in [0.25, 0.3) is 10.8 Å². The molecule has 108 valence electrons. The number of aromatic nitrogens is 1. The summed E-state index contributed by atoms with van der Waals surface area (Å²) in [6.07, 6.45) is 3.83. The minimum absolute atomic E-state index is 0.0638. The molecule has 3 heteroatoms. The van der Waals surface area contributed by atoms with E-state index in [1.807, 2.05) is 47.3 Å². The van der Waals surface area contributed by atoms with E-state index < -0.39 is 0 Å². The molecule has 0 aliphatic carbocycles. The first kappa shape index (κ1) is 14.1. The highest BCUT2D eigenvalue weighted by molar-refractivity contribution is 6.07. The molecule has 0 atom stereocenters. The summed E-state index contributed by atoms with van der Waals surface area (Å²) in [5.41, 5.74) is 0.963. The Kier molecular flexibility index (Phi) is 3.79. The van der Waals surface area contributed by atoms with Gasteiger partial charge in [0.1, 0.15) is 0 Å². The summed E-state index contributed by atoms with van der Waals surface area (Å²) < 4.78 is 1.85. The van der Waals surface area contributed by atoms with E-state index in [1.54, 1.807) is 24.3 Å². The third kappa shape index (κ3) is 2.79. The summed E-state index contributed by atoms with van der Waals surface area (Å²) in [4.78, 5) is 24.1. The van der Waals surface area contributed by atoms with Gasteiger partial charge in [-0.15, -0.1) is 0 Å². The lowest BCUT2D eigenvalue weighted by Crippen LogP contribution is -2.37. The van der Waals surface area contributed by atoms with Crippen molar-refractivity contribution in [2.75, 3.05) is 0 Å². The molecule has 0 spiro atoms. The lowest BCUT2D eigenvalue weighted by Gasteiger charge is -2.04. The topological polar surface area (TPSA) is 38.0 Å². The first-order valence-corrected chi connectivity index (χ1v) is 7.16. The minimum Gasteiger partial charge on any atom is -0.294 e. The molecule has 22 heavy (non-hydrogen) atoms. The Labute approximate surface area is 128 Å². The Bertz CT molecular complexity index is 868. The number of ketones is 2. The number of pyridine rings is 1. The fourth-order valence-corrected chi connectivity index (χ4v) is 2.56. The molecule has 3 rings (SSSR count). The van der Waals surface area contributed by atoms with E-state index >= 15 is 0 Å². The van der Waals surface area contributed by atoms with Crippen molar-refractivity contribution in [1.29, 1.82) is 0 Å². The van der Waals surface area contributed by atoms with Crippen molar-refractivity contribution in [3.8, 4) is 0 Å². The molecular formula is C19H16NO2+. The number of Topliss-reactive ketones (excluding diaryl/α,β-unsaturated/α-hetero) is 2. The molecule has 0 N–H and O–H groups in total. The van der Waals surface area contributed by atoms with Crippen molar-refractivity contribution in [1.82, 2.24) is 0 Å². The average molecular weight is 290 g/mol. The standard InChI is InChI=1S/C19H16NO2/c1-14(21)17-8-4-5-9-18(17)19(22)13-20-11-10-15-6-2-3-7-16(15)12-20/h2-12H,13H2,1H3/q+1. The first-order valence-electron chi connectivity index (χ1n) is 7.16. The molecule has 1 heterocycles. The molecule has 0 aliphatic rings. The van der Waals surface area contributed by atoms with Gasteiger partial charge in [-0.25, -0.2) is 0 Å². The van der Waals surface area contributed by atoms with Crippen molar-refractivity contribution < 1.29 is 14.2 Å². The maximum atomic E-state index is 12.5. The number of fused-ring (bicyclic) bond motifs is 1. The molecule has 0 saturated heterocycles. The molecule has 3 aromatic rings. The van der Waals surface area contributed by atoms with E-state index in [4.69, 9.17) is 0 Å². The number of benzene rings is 2. The first-order chi connectivity index (χ1) is 10.6. The van der Waals surface area contributed by atoms with Crippen molar-refractivity contribution in [2.45, 2.75) is 13.5 Å². The Morgan fingerprint density at radius 1 is 0.864 bits per heavy atom. The van der Waals surface area contributed by atoms with Crippen LogP contribution in [0.1, 0.15) is 27.6 Å². The van der Waals surface area contributed by atoms with Crippen molar-refractivity contribution in [3.63, 3.8) is 0 Å². The summed E-state index contributed by atoms with van der Waals surface area (Å²) >= 11 is 0. The largest absolute Gasteiger partial charge is 0.294 e. The van der Waals surface area contributed by atoms with Crippen LogP contribution in [0.3, 0.4) is 0 Å². The number of hydrogen-bond donors (Lipinski definition) is 0. The predicted molar refractivity (Wildman–Crippen MR) is 84.9 cm³/mol. The van der Waals surface area contributed by atoms with Crippen LogP contribution >= 0.6 is 0 Å². The Morgan fingerprint density at radius 2 is 1.50 bits per heavy atom. The fourth-order valence-electron chi connectivity index (χ4n) is 2.56. The summed E-state index contributed by atoms with van der Waals surface area (Å²) in [7, 11) is 0. The van der Waals surface area contributed by atoms with Crippen LogP contribution in [0.2, 0.25) is 0 Å². The van der Waals surface area contributed by atoms with Gasteiger partial charge in [0, 0.05) is 22.6 Å². The highest BCUT2D eigenvalue weighted by Crippen LogP contribution is 2.12. The summed E-state index contributed by atoms with van der Waals surface area (Å²) in [6.45, 7) is 1.70. The number of hydrogen-bond acceptors (Lipinski definition) is 2. The lowest BCUT2D eigenvalue weighted by molar-refractivity contribution is -0.681. The second-order valence-corrected chi connectivity index (χ2v) is 5.27. The molecular weight excluding hydrogens is 274 g/mol. The highest BCUT2D eigenvalue weighted by Gasteiger charge is 2.17. The van der Waals surface area contributed by atoms with E-state index in [1.165, 1.54) is 6.92 Å². The zero-order valence-corrected chi connectivity index (χ0v) is 12.3. The van der Waals surface area contributed by atoms with E-state index in [0.29, 0.717) is 11.1 Å². The van der Waals surface area contributed by atoms with E-state index in [-0.39, 0.29) is 18.1 Å². The van der Waals surface area contributed by atoms with Gasteiger partial charge >= 0.3 is 0 Å². The second-order valence-electron chi connectivity index (χ2n) is 5.27. The molecule has 0 bridgehead atoms. The maximum absolute atomic E-state index is 12.5. The van der Waals surface area contributed by atoms with Gasteiger partial charge in [0.05, 0.1) is 0 Å². The zero-order chi connectivity index (χ0) is 15.5. The Balaban J connectivity index is 1.91. The van der Waals surface area contributed by atoms with E-state index in [2.05, 4.69) is 0 Å². The third-order valence-electron chi connectivity index (χ3n) is 3.68. The van der Waals surface area contributed by atoms with Gasteiger partial charge in [0.25, 0.3) is 0 Å². The van der Waals surface area contributed by atoms with Gasteiger partial charge in [0.15, 0.2) is 18.2 Å². The van der Waals surface area contributed by atoms with Crippen LogP contribution < -0.4 is 4.57 Å². The van der Waals surface area contributed by atoms with Crippen LogP contribution in [0.4, 0.5) is 0 Å². The fraction of sp³-hybridized carbons (Fsp3) is 0.105. The van der Waals surface area contributed by atoms with E-state index in [9.17, 15) is 9.59 Å². The lowest BCUT2D eigenvalue weighted by atomic mass is 10.0. The average Bonchev–Trinajstić information content (AvgIpc) is 2.54. The molecule has 2 aromatic carbocycles. The van der Waals surface area contributed by atoms with Crippen LogP contribution in [0.15, 0.2) is 67.0 Å². The third-order valence-corrected chi connectivity index (χ3v) is 3.68. The molecule has 0 unspecified atom stereocenters. The maximum Gasteiger partial charge on any atom is 0.228 e. The molecule has 0 amide bonds. The molecule has 0 radical (unpaired) electrons. The van der Waals surface area contributed by atoms with Gasteiger partial charge in [-0.05, 0) is 18.4 Å². The smallest absolute Gasteiger partial charge is 0.228 e. The monoisotopic (exact) mass is 290 g/mol. The van der Waals surface area contributed by atoms with Gasteiger partial charge in [0.2, 0.25) is 12.3 Å². The zero-order valence-electron chi connectivity index (χ0n) is 12.3. The molecule has 0 aliphatic heterocycles. The Morgan fingerprint density at radius 3 is 2.23 bits per heavy atom. The predicted octanol–water partition coefficient (Wildman–Crippen LogP) is 3.21. The minimum atomic E-state index is -0.0903. The van der Waals surface area contributed by atoms with Gasteiger partial charge in [-0.2, -0.15) is 4.57 Å². The van der Waals surface area contributed by atoms with Crippen LogP contribution in [-0.2, 0) is 6.54 Å². The van der Waals surface area contributed by atoms with Crippen LogP contribution in [0.5, 0.6) is 0 Å².